The molecule has 0 N–H and O–H groups in total. The number of nitrogens with zero attached hydrogens (tertiary/aromatic N) is 2. The largest absolute Gasteiger partial charge is 0.365 e. The van der Waals surface area contributed by atoms with Crippen molar-refractivity contribution in [3.8, 4) is 0 Å². The van der Waals surface area contributed by atoms with Gasteiger partial charge in [0.15, 0.2) is 0 Å². The van der Waals surface area contributed by atoms with E-state index in [1.54, 1.807) is 11.0 Å². The maximum absolute atomic E-state index is 13.4. The van der Waals surface area contributed by atoms with Crippen molar-refractivity contribution in [3.63, 3.8) is 0 Å². The number of hydrogen-bond acceptors (Lipinski definition) is 2. The summed E-state index contributed by atoms with van der Waals surface area (Å²) in [6.45, 7) is 7.34. The molecule has 1 fully saturated rings. The van der Waals surface area contributed by atoms with Gasteiger partial charge in [-0.25, -0.2) is 4.39 Å². The highest BCUT2D eigenvalue weighted by atomic mass is 35.5. The molecule has 0 spiro atoms. The zero-order valence-corrected chi connectivity index (χ0v) is 11.5. The summed E-state index contributed by atoms with van der Waals surface area (Å²) in [6, 6.07) is 4.60. The Balaban J connectivity index is 2.15. The second-order valence-corrected chi connectivity index (χ2v) is 5.09. The van der Waals surface area contributed by atoms with Crippen LogP contribution in [-0.2, 0) is 4.79 Å². The van der Waals surface area contributed by atoms with E-state index in [-0.39, 0.29) is 17.8 Å². The van der Waals surface area contributed by atoms with E-state index in [9.17, 15) is 9.18 Å². The Kier molecular flexibility index (Phi) is 4.10. The number of amides is 1. The summed E-state index contributed by atoms with van der Waals surface area (Å²) in [5, 5.41) is 0.381. The molecule has 1 amide bonds. The molecule has 2 rings (SSSR count). The minimum atomic E-state index is -0.348. The highest BCUT2D eigenvalue weighted by Gasteiger charge is 2.26. The molecule has 102 valence electrons. The number of carbonyl (C=O) groups excluding carboxylic acids is 1. The Morgan fingerprint density at radius 1 is 1.47 bits per heavy atom. The van der Waals surface area contributed by atoms with Gasteiger partial charge in [0.05, 0.1) is 0 Å². The molecule has 1 aromatic rings. The lowest BCUT2D eigenvalue weighted by atomic mass is 10.1. The molecule has 1 heterocycles. The molecule has 1 saturated heterocycles. The summed E-state index contributed by atoms with van der Waals surface area (Å²) in [4.78, 5) is 15.4. The van der Waals surface area contributed by atoms with Gasteiger partial charge in [0.2, 0.25) is 5.91 Å². The van der Waals surface area contributed by atoms with Gasteiger partial charge in [-0.15, -0.1) is 0 Å². The van der Waals surface area contributed by atoms with Gasteiger partial charge in [-0.2, -0.15) is 0 Å². The maximum Gasteiger partial charge on any atom is 0.246 e. The number of halogens is 2. The van der Waals surface area contributed by atoms with Gasteiger partial charge < -0.3 is 9.80 Å². The summed E-state index contributed by atoms with van der Waals surface area (Å²) in [5.74, 6) is -0.414. The number of piperazine rings is 1. The molecule has 1 aliphatic rings. The number of rotatable bonds is 2. The Labute approximate surface area is 117 Å². The Morgan fingerprint density at radius 3 is 2.79 bits per heavy atom. The SMILES string of the molecule is C=CC(=O)N1CCN(c2cc(F)cc(Cl)c2)[C@@H](C)C1. The predicted octanol–water partition coefficient (Wildman–Crippen LogP) is 2.70. The zero-order valence-electron chi connectivity index (χ0n) is 10.8. The highest BCUT2D eigenvalue weighted by Crippen LogP contribution is 2.25. The molecule has 0 saturated carbocycles. The van der Waals surface area contributed by atoms with Crippen LogP contribution in [0.2, 0.25) is 5.02 Å². The van der Waals surface area contributed by atoms with Crippen LogP contribution >= 0.6 is 11.6 Å². The third kappa shape index (κ3) is 3.07. The van der Waals surface area contributed by atoms with Crippen molar-refractivity contribution < 1.29 is 9.18 Å². The molecule has 0 bridgehead atoms. The normalized spacial score (nSPS) is 19.4. The van der Waals surface area contributed by atoms with Crippen molar-refractivity contribution in [1.82, 2.24) is 4.90 Å². The monoisotopic (exact) mass is 282 g/mol. The fraction of sp³-hybridized carbons (Fsp3) is 0.357. The maximum atomic E-state index is 13.4. The Hall–Kier alpha value is -1.55. The van der Waals surface area contributed by atoms with E-state index in [1.807, 2.05) is 6.92 Å². The number of hydrogen-bond donors (Lipinski definition) is 0. The predicted molar refractivity (Wildman–Crippen MR) is 75.0 cm³/mol. The molecular weight excluding hydrogens is 267 g/mol. The number of benzene rings is 1. The van der Waals surface area contributed by atoms with Gasteiger partial charge in [0.25, 0.3) is 0 Å². The fourth-order valence-corrected chi connectivity index (χ4v) is 2.59. The van der Waals surface area contributed by atoms with Gasteiger partial charge in [-0.05, 0) is 31.2 Å². The van der Waals surface area contributed by atoms with Gasteiger partial charge >= 0.3 is 0 Å². The fourth-order valence-electron chi connectivity index (χ4n) is 2.38. The average molecular weight is 283 g/mol. The molecule has 1 aliphatic heterocycles. The zero-order chi connectivity index (χ0) is 14.0. The summed E-state index contributed by atoms with van der Waals surface area (Å²) < 4.78 is 13.4. The minimum Gasteiger partial charge on any atom is -0.365 e. The summed E-state index contributed by atoms with van der Waals surface area (Å²) in [6.07, 6.45) is 1.32. The number of carbonyl (C=O) groups is 1. The lowest BCUT2D eigenvalue weighted by Gasteiger charge is -2.41. The Bertz CT molecular complexity index is 486. The third-order valence-corrected chi connectivity index (χ3v) is 3.51. The Morgan fingerprint density at radius 2 is 2.21 bits per heavy atom. The topological polar surface area (TPSA) is 23.6 Å². The first-order chi connectivity index (χ1) is 9.01. The molecule has 0 aliphatic carbocycles. The van der Waals surface area contributed by atoms with E-state index in [1.165, 1.54) is 18.2 Å². The lowest BCUT2D eigenvalue weighted by molar-refractivity contribution is -0.126. The first kappa shape index (κ1) is 13.9. The van der Waals surface area contributed by atoms with Crippen LogP contribution in [-0.4, -0.2) is 36.5 Å². The first-order valence-corrected chi connectivity index (χ1v) is 6.53. The van der Waals surface area contributed by atoms with Crippen LogP contribution in [0.1, 0.15) is 6.92 Å². The lowest BCUT2D eigenvalue weighted by Crippen LogP contribution is -2.53. The number of anilines is 1. The van der Waals surface area contributed by atoms with Crippen LogP contribution < -0.4 is 4.90 Å². The van der Waals surface area contributed by atoms with E-state index in [4.69, 9.17) is 11.6 Å². The van der Waals surface area contributed by atoms with E-state index in [0.717, 1.165) is 5.69 Å². The van der Waals surface area contributed by atoms with Gasteiger partial charge in [0, 0.05) is 36.4 Å². The van der Waals surface area contributed by atoms with Crippen molar-refractivity contribution in [3.05, 3.63) is 41.7 Å². The second-order valence-electron chi connectivity index (χ2n) is 4.66. The first-order valence-electron chi connectivity index (χ1n) is 6.15. The summed E-state index contributed by atoms with van der Waals surface area (Å²) >= 11 is 5.87. The molecule has 5 heteroatoms. The van der Waals surface area contributed by atoms with Crippen molar-refractivity contribution in [2.45, 2.75) is 13.0 Å². The van der Waals surface area contributed by atoms with E-state index in [2.05, 4.69) is 11.5 Å². The van der Waals surface area contributed by atoms with Crippen LogP contribution in [0.4, 0.5) is 10.1 Å². The van der Waals surface area contributed by atoms with Gasteiger partial charge in [0.1, 0.15) is 5.82 Å². The average Bonchev–Trinajstić information content (AvgIpc) is 2.36. The standard InChI is InChI=1S/C14H16ClFN2O/c1-3-14(19)17-4-5-18(10(2)9-17)13-7-11(15)6-12(16)8-13/h3,6-8,10H,1,4-5,9H2,2H3/t10-/m0/s1. The molecule has 0 radical (unpaired) electrons. The van der Waals surface area contributed by atoms with E-state index >= 15 is 0 Å². The van der Waals surface area contributed by atoms with Crippen molar-refractivity contribution >= 4 is 23.2 Å². The van der Waals surface area contributed by atoms with E-state index in [0.29, 0.717) is 24.7 Å². The highest BCUT2D eigenvalue weighted by molar-refractivity contribution is 6.30. The second kappa shape index (κ2) is 5.61. The van der Waals surface area contributed by atoms with Crippen LogP contribution in [0.3, 0.4) is 0 Å². The van der Waals surface area contributed by atoms with Crippen LogP contribution in [0.5, 0.6) is 0 Å². The van der Waals surface area contributed by atoms with Crippen molar-refractivity contribution in [1.29, 1.82) is 0 Å². The third-order valence-electron chi connectivity index (χ3n) is 3.29. The van der Waals surface area contributed by atoms with Crippen LogP contribution in [0.15, 0.2) is 30.9 Å². The quantitative estimate of drug-likeness (QED) is 0.779. The molecule has 19 heavy (non-hydrogen) atoms. The van der Waals surface area contributed by atoms with Gasteiger partial charge in [-0.1, -0.05) is 18.2 Å². The molecule has 0 aromatic heterocycles. The summed E-state index contributed by atoms with van der Waals surface area (Å²) in [7, 11) is 0. The smallest absolute Gasteiger partial charge is 0.246 e. The van der Waals surface area contributed by atoms with Crippen LogP contribution in [0.25, 0.3) is 0 Å². The molecule has 1 aromatic carbocycles. The van der Waals surface area contributed by atoms with Gasteiger partial charge in [-0.3, -0.25) is 4.79 Å². The minimum absolute atomic E-state index is 0.0659. The van der Waals surface area contributed by atoms with Crippen molar-refractivity contribution in [2.75, 3.05) is 24.5 Å². The molecule has 1 atom stereocenters. The molecule has 0 unspecified atom stereocenters. The van der Waals surface area contributed by atoms with Crippen molar-refractivity contribution in [2.24, 2.45) is 0 Å². The molecule has 3 nitrogen and oxygen atoms in total. The van der Waals surface area contributed by atoms with E-state index < -0.39 is 0 Å². The molecular formula is C14H16ClFN2O. The van der Waals surface area contributed by atoms with Crippen LogP contribution in [0, 0.1) is 5.82 Å². The summed E-state index contributed by atoms with van der Waals surface area (Å²) in [5.41, 5.74) is 0.753.